The molecule has 10 heteroatoms. The van der Waals surface area contributed by atoms with Gasteiger partial charge in [-0.25, -0.2) is 14.5 Å². The van der Waals surface area contributed by atoms with Gasteiger partial charge in [0, 0.05) is 5.69 Å². The molecule has 3 aromatic carbocycles. The first kappa shape index (κ1) is 26.4. The number of imide groups is 1. The number of amides is 2. The first-order chi connectivity index (χ1) is 18.3. The fraction of sp³-hybridized carbons (Fsp3) is 0.143. The predicted molar refractivity (Wildman–Crippen MR) is 140 cm³/mol. The number of carbonyl (C=O) groups is 4. The molecule has 9 nitrogen and oxygen atoms in total. The monoisotopic (exact) mass is 534 g/mol. The van der Waals surface area contributed by atoms with Gasteiger partial charge in [0.15, 0.2) is 0 Å². The molecule has 0 aliphatic carbocycles. The Kier molecular flexibility index (Phi) is 8.08. The number of halogens is 1. The molecular weight excluding hydrogens is 512 g/mol. The molecule has 0 saturated carbocycles. The maximum absolute atomic E-state index is 13.0. The lowest BCUT2D eigenvalue weighted by molar-refractivity contribution is -0.120. The summed E-state index contributed by atoms with van der Waals surface area (Å²) in [5.41, 5.74) is 1.13. The zero-order chi connectivity index (χ0) is 27.2. The molecule has 0 saturated heterocycles. The zero-order valence-corrected chi connectivity index (χ0v) is 21.3. The van der Waals surface area contributed by atoms with Crippen LogP contribution in [0.3, 0.4) is 0 Å². The smallest absolute Gasteiger partial charge is 0.343 e. The summed E-state index contributed by atoms with van der Waals surface area (Å²) in [5.74, 6) is -1.44. The van der Waals surface area contributed by atoms with Gasteiger partial charge in [0.25, 0.3) is 11.8 Å². The number of benzene rings is 3. The number of ether oxygens (including phenoxy) is 3. The summed E-state index contributed by atoms with van der Waals surface area (Å²) in [6.07, 6.45) is 0.692. The Morgan fingerprint density at radius 2 is 1.39 bits per heavy atom. The lowest BCUT2D eigenvalue weighted by atomic mass is 10.2. The van der Waals surface area contributed by atoms with Gasteiger partial charge in [0.1, 0.15) is 22.2 Å². The molecule has 0 fully saturated rings. The largest absolute Gasteiger partial charge is 0.497 e. The van der Waals surface area contributed by atoms with Crippen molar-refractivity contribution in [3.63, 3.8) is 0 Å². The number of hydrogen-bond acceptors (Lipinski definition) is 8. The number of anilines is 2. The van der Waals surface area contributed by atoms with Crippen LogP contribution in [0.4, 0.5) is 11.4 Å². The van der Waals surface area contributed by atoms with Gasteiger partial charge in [-0.05, 0) is 79.2 Å². The average molecular weight is 535 g/mol. The fourth-order valence-corrected chi connectivity index (χ4v) is 3.73. The molecule has 38 heavy (non-hydrogen) atoms. The highest BCUT2D eigenvalue weighted by Crippen LogP contribution is 2.30. The molecule has 0 spiro atoms. The Balaban J connectivity index is 1.42. The number of carbonyl (C=O) groups excluding carboxylic acids is 4. The lowest BCUT2D eigenvalue weighted by Crippen LogP contribution is -2.32. The van der Waals surface area contributed by atoms with Crippen LogP contribution in [-0.4, -0.2) is 37.5 Å². The second-order valence-corrected chi connectivity index (χ2v) is 8.46. The SMILES string of the molecule is CCCOC(=O)c1ccc(N2C(=O)C(Cl)=C(Nc3ccc(C(=O)Oc4ccc(OC)cc4)cc3)C2=O)cc1. The Hall–Kier alpha value is -4.63. The van der Waals surface area contributed by atoms with Gasteiger partial charge < -0.3 is 19.5 Å². The molecule has 194 valence electrons. The third-order valence-corrected chi connectivity index (χ3v) is 5.84. The molecule has 3 aromatic rings. The van der Waals surface area contributed by atoms with Crippen molar-refractivity contribution in [3.8, 4) is 11.5 Å². The molecule has 0 bridgehead atoms. The van der Waals surface area contributed by atoms with Crippen LogP contribution in [0, 0.1) is 0 Å². The molecule has 2 amide bonds. The van der Waals surface area contributed by atoms with Gasteiger partial charge in [-0.1, -0.05) is 18.5 Å². The van der Waals surface area contributed by atoms with Crippen molar-refractivity contribution in [3.05, 3.63) is 94.7 Å². The van der Waals surface area contributed by atoms with Crippen LogP contribution in [0.25, 0.3) is 0 Å². The summed E-state index contributed by atoms with van der Waals surface area (Å²) in [5, 5.41) is 2.56. The highest BCUT2D eigenvalue weighted by Gasteiger charge is 2.39. The number of esters is 2. The third-order valence-electron chi connectivity index (χ3n) is 5.49. The van der Waals surface area contributed by atoms with E-state index in [-0.39, 0.29) is 22.0 Å². The van der Waals surface area contributed by atoms with E-state index in [9.17, 15) is 19.2 Å². The number of nitrogens with one attached hydrogen (secondary N) is 1. The molecular formula is C28H23ClN2O7. The molecule has 0 radical (unpaired) electrons. The van der Waals surface area contributed by atoms with Gasteiger partial charge in [0.2, 0.25) is 0 Å². The Morgan fingerprint density at radius 1 is 0.816 bits per heavy atom. The number of methoxy groups -OCH3 is 1. The van der Waals surface area contributed by atoms with E-state index >= 15 is 0 Å². The number of hydrogen-bond donors (Lipinski definition) is 1. The van der Waals surface area contributed by atoms with Crippen LogP contribution in [0.2, 0.25) is 0 Å². The molecule has 1 aliphatic rings. The van der Waals surface area contributed by atoms with Crippen LogP contribution in [-0.2, 0) is 14.3 Å². The van der Waals surface area contributed by atoms with Crippen LogP contribution in [0.15, 0.2) is 83.5 Å². The summed E-state index contributed by atoms with van der Waals surface area (Å²) in [7, 11) is 1.54. The Labute approximate surface area is 223 Å². The van der Waals surface area contributed by atoms with Gasteiger partial charge in [0.05, 0.1) is 30.5 Å². The van der Waals surface area contributed by atoms with E-state index in [0.29, 0.717) is 35.8 Å². The van der Waals surface area contributed by atoms with Crippen molar-refractivity contribution in [2.75, 3.05) is 23.9 Å². The fourth-order valence-electron chi connectivity index (χ4n) is 3.51. The topological polar surface area (TPSA) is 111 Å². The summed E-state index contributed by atoms with van der Waals surface area (Å²) in [4.78, 5) is 51.2. The average Bonchev–Trinajstić information content (AvgIpc) is 3.15. The van der Waals surface area contributed by atoms with E-state index in [2.05, 4.69) is 5.32 Å². The van der Waals surface area contributed by atoms with Crippen molar-refractivity contribution >= 4 is 46.7 Å². The van der Waals surface area contributed by atoms with Gasteiger partial charge in [-0.2, -0.15) is 0 Å². The number of nitrogens with zero attached hydrogens (tertiary/aromatic N) is 1. The van der Waals surface area contributed by atoms with Crippen molar-refractivity contribution in [2.45, 2.75) is 13.3 Å². The molecule has 0 atom stereocenters. The van der Waals surface area contributed by atoms with Crippen molar-refractivity contribution < 1.29 is 33.4 Å². The van der Waals surface area contributed by atoms with Crippen molar-refractivity contribution in [2.24, 2.45) is 0 Å². The molecule has 1 aliphatic heterocycles. The predicted octanol–water partition coefficient (Wildman–Crippen LogP) is 4.92. The van der Waals surface area contributed by atoms with E-state index in [1.54, 1.807) is 36.4 Å². The first-order valence-corrected chi connectivity index (χ1v) is 12.0. The summed E-state index contributed by atoms with van der Waals surface area (Å²) >= 11 is 6.20. The molecule has 1 heterocycles. The highest BCUT2D eigenvalue weighted by atomic mass is 35.5. The Morgan fingerprint density at radius 3 is 2.00 bits per heavy atom. The molecule has 0 aromatic heterocycles. The molecule has 0 unspecified atom stereocenters. The second-order valence-electron chi connectivity index (χ2n) is 8.08. The maximum atomic E-state index is 13.0. The summed E-state index contributed by atoms with van der Waals surface area (Å²) in [6, 6.07) is 18.6. The van der Waals surface area contributed by atoms with Crippen molar-refractivity contribution in [1.82, 2.24) is 0 Å². The first-order valence-electron chi connectivity index (χ1n) is 11.6. The molecule has 1 N–H and O–H groups in total. The maximum Gasteiger partial charge on any atom is 0.343 e. The lowest BCUT2D eigenvalue weighted by Gasteiger charge is -2.15. The Bertz CT molecular complexity index is 1400. The normalized spacial score (nSPS) is 13.0. The van der Waals surface area contributed by atoms with E-state index in [0.717, 1.165) is 4.90 Å². The second kappa shape index (κ2) is 11.6. The zero-order valence-electron chi connectivity index (χ0n) is 20.5. The highest BCUT2D eigenvalue weighted by molar-refractivity contribution is 6.53. The summed E-state index contributed by atoms with van der Waals surface area (Å²) < 4.78 is 15.5. The van der Waals surface area contributed by atoms with Crippen LogP contribution in [0.1, 0.15) is 34.1 Å². The minimum Gasteiger partial charge on any atom is -0.497 e. The minimum atomic E-state index is -0.708. The van der Waals surface area contributed by atoms with E-state index < -0.39 is 23.8 Å². The van der Waals surface area contributed by atoms with E-state index in [1.807, 2.05) is 6.92 Å². The van der Waals surface area contributed by atoms with Gasteiger partial charge in [-0.15, -0.1) is 0 Å². The quantitative estimate of drug-likeness (QED) is 0.234. The van der Waals surface area contributed by atoms with Crippen LogP contribution in [0.5, 0.6) is 11.5 Å². The third kappa shape index (κ3) is 5.68. The van der Waals surface area contributed by atoms with Crippen LogP contribution < -0.4 is 19.7 Å². The van der Waals surface area contributed by atoms with E-state index in [1.165, 1.54) is 43.5 Å². The van der Waals surface area contributed by atoms with Gasteiger partial charge >= 0.3 is 11.9 Å². The minimum absolute atomic E-state index is 0.114. The van der Waals surface area contributed by atoms with Gasteiger partial charge in [-0.3, -0.25) is 9.59 Å². The van der Waals surface area contributed by atoms with E-state index in [4.69, 9.17) is 25.8 Å². The van der Waals surface area contributed by atoms with Crippen molar-refractivity contribution in [1.29, 1.82) is 0 Å². The molecule has 4 rings (SSSR count). The van der Waals surface area contributed by atoms with Crippen LogP contribution >= 0.6 is 11.6 Å². The number of rotatable bonds is 9. The standard InChI is InChI=1S/C28H23ClN2O7/c1-3-16-37-27(34)17-6-10-20(11-7-17)31-25(32)23(29)24(26(31)33)30-19-8-4-18(5-9-19)28(35)38-22-14-12-21(36-2)13-15-22/h4-15,30H,3,16H2,1-2H3. The summed E-state index contributed by atoms with van der Waals surface area (Å²) in [6.45, 7) is 2.18.